The van der Waals surface area contributed by atoms with E-state index < -0.39 is 5.97 Å². The topological polar surface area (TPSA) is 83.3 Å². The Morgan fingerprint density at radius 2 is 2.25 bits per heavy atom. The van der Waals surface area contributed by atoms with E-state index in [1.165, 1.54) is 6.20 Å². The van der Waals surface area contributed by atoms with E-state index in [0.29, 0.717) is 15.5 Å². The zero-order valence-electron chi connectivity index (χ0n) is 8.01. The molecule has 0 aliphatic carbocycles. The largest absolute Gasteiger partial charge is 0.504 e. The Balaban J connectivity index is 2.70. The highest BCUT2D eigenvalue weighted by Crippen LogP contribution is 2.30. The minimum absolute atomic E-state index is 0.102. The van der Waals surface area contributed by atoms with Crippen LogP contribution in [0, 0.1) is 0 Å². The molecule has 2 N–H and O–H groups in total. The van der Waals surface area contributed by atoms with Gasteiger partial charge in [0.05, 0.1) is 12.1 Å². The normalized spacial score (nSPS) is 10.6. The van der Waals surface area contributed by atoms with Gasteiger partial charge in [0.15, 0.2) is 5.75 Å². The van der Waals surface area contributed by atoms with Crippen molar-refractivity contribution >= 4 is 32.8 Å². The summed E-state index contributed by atoms with van der Waals surface area (Å²) in [6.07, 6.45) is 1.19. The molecule has 0 atom stereocenters. The minimum Gasteiger partial charge on any atom is -0.504 e. The Morgan fingerprint density at radius 1 is 1.50 bits per heavy atom. The molecule has 16 heavy (non-hydrogen) atoms. The van der Waals surface area contributed by atoms with Gasteiger partial charge in [0.1, 0.15) is 10.1 Å². The van der Waals surface area contributed by atoms with Gasteiger partial charge in [-0.1, -0.05) is 0 Å². The van der Waals surface area contributed by atoms with Gasteiger partial charge < -0.3 is 10.2 Å². The zero-order valence-corrected chi connectivity index (χ0v) is 9.60. The van der Waals surface area contributed by atoms with Crippen LogP contribution >= 0.6 is 15.9 Å². The number of carboxylic acids is 1. The molecule has 2 aromatic rings. The number of hydrogen-bond donors (Lipinski definition) is 2. The number of nitrogens with zero attached hydrogens (tertiary/aromatic N) is 2. The van der Waals surface area contributed by atoms with E-state index in [-0.39, 0.29) is 17.9 Å². The molecule has 0 aliphatic heterocycles. The van der Waals surface area contributed by atoms with Gasteiger partial charge in [0.25, 0.3) is 0 Å². The fourth-order valence-corrected chi connectivity index (χ4v) is 1.93. The number of aromatic hydroxyl groups is 1. The maximum atomic E-state index is 10.6. The summed E-state index contributed by atoms with van der Waals surface area (Å²) < 4.78 is 0.477. The first kappa shape index (κ1) is 10.8. The van der Waals surface area contributed by atoms with Gasteiger partial charge in [-0.3, -0.25) is 9.78 Å². The van der Waals surface area contributed by atoms with E-state index in [1.807, 2.05) is 0 Å². The smallest absolute Gasteiger partial charge is 0.309 e. The number of halogens is 1. The van der Waals surface area contributed by atoms with Crippen molar-refractivity contribution in [3.8, 4) is 5.75 Å². The summed E-state index contributed by atoms with van der Waals surface area (Å²) in [6, 6.07) is 3.45. The number of pyridine rings is 2. The third-order valence-electron chi connectivity index (χ3n) is 2.08. The van der Waals surface area contributed by atoms with Crippen LogP contribution in [0.3, 0.4) is 0 Å². The van der Waals surface area contributed by atoms with E-state index in [4.69, 9.17) is 5.11 Å². The summed E-state index contributed by atoms with van der Waals surface area (Å²) in [5.74, 6) is -1.23. The van der Waals surface area contributed by atoms with Crippen molar-refractivity contribution in [2.45, 2.75) is 6.42 Å². The highest BCUT2D eigenvalue weighted by Gasteiger charge is 2.14. The predicted octanol–water partition coefficient (Wildman–Crippen LogP) is 1.72. The van der Waals surface area contributed by atoms with Gasteiger partial charge in [0.2, 0.25) is 0 Å². The molecule has 5 nitrogen and oxygen atoms in total. The lowest BCUT2D eigenvalue weighted by atomic mass is 10.2. The van der Waals surface area contributed by atoms with Crippen molar-refractivity contribution in [2.24, 2.45) is 0 Å². The molecule has 0 unspecified atom stereocenters. The summed E-state index contributed by atoms with van der Waals surface area (Å²) in [6.45, 7) is 0. The van der Waals surface area contributed by atoms with Crippen LogP contribution in [0.4, 0.5) is 0 Å². The van der Waals surface area contributed by atoms with Crippen LogP contribution in [0.15, 0.2) is 22.9 Å². The van der Waals surface area contributed by atoms with Gasteiger partial charge >= 0.3 is 5.97 Å². The maximum Gasteiger partial charge on any atom is 0.309 e. The van der Waals surface area contributed by atoms with Crippen molar-refractivity contribution in [1.82, 2.24) is 9.97 Å². The SMILES string of the molecule is O=C(O)Cc1nc(Br)c2cccnc2c1O. The van der Waals surface area contributed by atoms with E-state index in [9.17, 15) is 9.90 Å². The summed E-state index contributed by atoms with van der Waals surface area (Å²) in [5, 5.41) is 19.1. The van der Waals surface area contributed by atoms with Crippen LogP contribution in [0.5, 0.6) is 5.75 Å². The standard InChI is InChI=1S/C10H7BrN2O3/c11-10-5-2-1-3-12-8(5)9(16)6(13-10)4-7(14)15/h1-3,16H,4H2,(H,14,15). The zero-order chi connectivity index (χ0) is 11.7. The molecule has 0 aliphatic rings. The highest BCUT2D eigenvalue weighted by atomic mass is 79.9. The number of carboxylic acid groups (broad SMARTS) is 1. The second-order valence-electron chi connectivity index (χ2n) is 3.17. The van der Waals surface area contributed by atoms with Crippen LogP contribution < -0.4 is 0 Å². The number of rotatable bonds is 2. The lowest BCUT2D eigenvalue weighted by molar-refractivity contribution is -0.136. The first-order valence-electron chi connectivity index (χ1n) is 4.43. The lowest BCUT2D eigenvalue weighted by Gasteiger charge is -2.06. The number of hydrogen-bond acceptors (Lipinski definition) is 4. The predicted molar refractivity (Wildman–Crippen MR) is 60.2 cm³/mol. The highest BCUT2D eigenvalue weighted by molar-refractivity contribution is 9.10. The van der Waals surface area contributed by atoms with Crippen molar-refractivity contribution in [3.63, 3.8) is 0 Å². The number of carbonyl (C=O) groups is 1. The van der Waals surface area contributed by atoms with Gasteiger partial charge in [-0.25, -0.2) is 4.98 Å². The third kappa shape index (κ3) is 1.83. The lowest BCUT2D eigenvalue weighted by Crippen LogP contribution is -2.03. The first-order valence-corrected chi connectivity index (χ1v) is 5.22. The summed E-state index contributed by atoms with van der Waals surface area (Å²) in [4.78, 5) is 18.6. The van der Waals surface area contributed by atoms with Gasteiger partial charge in [-0.05, 0) is 28.1 Å². The van der Waals surface area contributed by atoms with Crippen molar-refractivity contribution in [3.05, 3.63) is 28.6 Å². The maximum absolute atomic E-state index is 10.6. The molecule has 2 heterocycles. The molecule has 0 fully saturated rings. The second kappa shape index (κ2) is 4.05. The molecular weight excluding hydrogens is 276 g/mol. The first-order chi connectivity index (χ1) is 7.59. The van der Waals surface area contributed by atoms with Gasteiger partial charge in [-0.15, -0.1) is 0 Å². The van der Waals surface area contributed by atoms with Crippen molar-refractivity contribution in [2.75, 3.05) is 0 Å². The summed E-state index contributed by atoms with van der Waals surface area (Å²) >= 11 is 3.22. The molecule has 0 saturated heterocycles. The Labute approximate surface area is 98.9 Å². The van der Waals surface area contributed by atoms with E-state index in [1.54, 1.807) is 12.1 Å². The van der Waals surface area contributed by atoms with E-state index >= 15 is 0 Å². The van der Waals surface area contributed by atoms with E-state index in [2.05, 4.69) is 25.9 Å². The molecule has 2 rings (SSSR count). The average molecular weight is 283 g/mol. The third-order valence-corrected chi connectivity index (χ3v) is 2.68. The summed E-state index contributed by atoms with van der Waals surface area (Å²) in [5.41, 5.74) is 0.450. The summed E-state index contributed by atoms with van der Waals surface area (Å²) in [7, 11) is 0. The Bertz CT molecular complexity index is 571. The minimum atomic E-state index is -1.05. The average Bonchev–Trinajstić information content (AvgIpc) is 2.25. The molecule has 82 valence electrons. The molecule has 2 aromatic heterocycles. The molecule has 0 spiro atoms. The fraction of sp³-hybridized carbons (Fsp3) is 0.100. The number of aliphatic carboxylic acids is 1. The number of fused-ring (bicyclic) bond motifs is 1. The quantitative estimate of drug-likeness (QED) is 0.820. The van der Waals surface area contributed by atoms with Gasteiger partial charge in [-0.2, -0.15) is 0 Å². The van der Waals surface area contributed by atoms with E-state index in [0.717, 1.165) is 0 Å². The molecular formula is C10H7BrN2O3. The Kier molecular flexibility index (Phi) is 2.74. The Hall–Kier alpha value is -1.69. The Morgan fingerprint density at radius 3 is 2.94 bits per heavy atom. The molecule has 0 saturated carbocycles. The van der Waals surface area contributed by atoms with Crippen LogP contribution in [0.1, 0.15) is 5.69 Å². The monoisotopic (exact) mass is 282 g/mol. The van der Waals surface area contributed by atoms with Crippen molar-refractivity contribution in [1.29, 1.82) is 0 Å². The molecule has 0 radical (unpaired) electrons. The van der Waals surface area contributed by atoms with Crippen molar-refractivity contribution < 1.29 is 15.0 Å². The molecule has 0 bridgehead atoms. The molecule has 6 heteroatoms. The van der Waals surface area contributed by atoms with Crippen LogP contribution in [-0.2, 0) is 11.2 Å². The molecule has 0 aromatic carbocycles. The van der Waals surface area contributed by atoms with Crippen LogP contribution in [0.2, 0.25) is 0 Å². The number of aromatic nitrogens is 2. The fourth-order valence-electron chi connectivity index (χ4n) is 1.40. The van der Waals surface area contributed by atoms with Crippen LogP contribution in [-0.4, -0.2) is 26.2 Å². The molecule has 0 amide bonds. The van der Waals surface area contributed by atoms with Gasteiger partial charge in [0, 0.05) is 11.6 Å². The second-order valence-corrected chi connectivity index (χ2v) is 3.92. The van der Waals surface area contributed by atoms with Crippen LogP contribution in [0.25, 0.3) is 10.9 Å².